The number of anilines is 1. The number of amides is 1. The highest BCUT2D eigenvalue weighted by molar-refractivity contribution is 5.93. The van der Waals surface area contributed by atoms with E-state index in [1.54, 1.807) is 12.1 Å². The van der Waals surface area contributed by atoms with Crippen LogP contribution in [0.15, 0.2) is 24.3 Å². The lowest BCUT2D eigenvalue weighted by atomic mass is 10.2. The summed E-state index contributed by atoms with van der Waals surface area (Å²) in [6.07, 6.45) is 2.36. The van der Waals surface area contributed by atoms with Gasteiger partial charge in [0, 0.05) is 24.8 Å². The van der Waals surface area contributed by atoms with Crippen molar-refractivity contribution in [2.45, 2.75) is 19.8 Å². The van der Waals surface area contributed by atoms with Crippen LogP contribution in [-0.2, 0) is 0 Å². The maximum absolute atomic E-state index is 10.9. The predicted molar refractivity (Wildman–Crippen MR) is 63.1 cm³/mol. The first-order valence-electron chi connectivity index (χ1n) is 5.26. The van der Waals surface area contributed by atoms with Gasteiger partial charge >= 0.3 is 0 Å². The van der Waals surface area contributed by atoms with Crippen molar-refractivity contribution >= 4 is 11.6 Å². The fourth-order valence-corrected chi connectivity index (χ4v) is 1.40. The Labute approximate surface area is 90.9 Å². The quantitative estimate of drug-likeness (QED) is 0.801. The molecule has 0 aliphatic rings. The monoisotopic (exact) mass is 206 g/mol. The number of primary amides is 1. The SMILES string of the molecule is CCCCN(C)c1ccc(C(N)=O)cc1. The van der Waals surface area contributed by atoms with Gasteiger partial charge in [-0.15, -0.1) is 0 Å². The number of carbonyl (C=O) groups is 1. The smallest absolute Gasteiger partial charge is 0.248 e. The van der Waals surface area contributed by atoms with E-state index in [-0.39, 0.29) is 5.91 Å². The van der Waals surface area contributed by atoms with Crippen LogP contribution in [0.2, 0.25) is 0 Å². The molecule has 0 heterocycles. The maximum Gasteiger partial charge on any atom is 0.248 e. The first-order valence-corrected chi connectivity index (χ1v) is 5.26. The third kappa shape index (κ3) is 3.27. The third-order valence-corrected chi connectivity index (χ3v) is 2.44. The molecule has 0 fully saturated rings. The number of hydrogen-bond acceptors (Lipinski definition) is 2. The van der Waals surface area contributed by atoms with Crippen LogP contribution in [0.3, 0.4) is 0 Å². The van der Waals surface area contributed by atoms with E-state index in [1.165, 1.54) is 12.8 Å². The molecule has 1 amide bonds. The minimum atomic E-state index is -0.377. The molecular weight excluding hydrogens is 188 g/mol. The Balaban J connectivity index is 2.66. The molecule has 0 spiro atoms. The van der Waals surface area contributed by atoms with E-state index >= 15 is 0 Å². The van der Waals surface area contributed by atoms with Gasteiger partial charge in [-0.2, -0.15) is 0 Å². The summed E-state index contributed by atoms with van der Waals surface area (Å²) in [4.78, 5) is 13.0. The zero-order valence-corrected chi connectivity index (χ0v) is 9.36. The summed E-state index contributed by atoms with van der Waals surface area (Å²) in [6.45, 7) is 3.20. The average Bonchev–Trinajstić information content (AvgIpc) is 2.26. The Bertz CT molecular complexity index is 319. The Morgan fingerprint density at radius 1 is 1.33 bits per heavy atom. The highest BCUT2D eigenvalue weighted by Gasteiger charge is 2.02. The number of rotatable bonds is 5. The summed E-state index contributed by atoms with van der Waals surface area (Å²) in [5.74, 6) is -0.377. The van der Waals surface area contributed by atoms with Gasteiger partial charge in [-0.05, 0) is 30.7 Å². The van der Waals surface area contributed by atoms with Gasteiger partial charge < -0.3 is 10.6 Å². The van der Waals surface area contributed by atoms with E-state index in [9.17, 15) is 4.79 Å². The molecule has 0 aromatic heterocycles. The first kappa shape index (κ1) is 11.6. The van der Waals surface area contributed by atoms with Crippen molar-refractivity contribution in [3.05, 3.63) is 29.8 Å². The van der Waals surface area contributed by atoms with Gasteiger partial charge in [0.25, 0.3) is 0 Å². The fourth-order valence-electron chi connectivity index (χ4n) is 1.40. The molecule has 82 valence electrons. The molecule has 0 atom stereocenters. The molecule has 0 saturated heterocycles. The molecule has 0 bridgehead atoms. The Morgan fingerprint density at radius 2 is 1.93 bits per heavy atom. The van der Waals surface area contributed by atoms with Crippen LogP contribution in [0.1, 0.15) is 30.1 Å². The number of nitrogens with two attached hydrogens (primary N) is 1. The molecule has 0 unspecified atom stereocenters. The van der Waals surface area contributed by atoms with Crippen molar-refractivity contribution in [1.82, 2.24) is 0 Å². The maximum atomic E-state index is 10.9. The van der Waals surface area contributed by atoms with Gasteiger partial charge in [0.15, 0.2) is 0 Å². The van der Waals surface area contributed by atoms with E-state index in [0.29, 0.717) is 5.56 Å². The van der Waals surface area contributed by atoms with Crippen LogP contribution < -0.4 is 10.6 Å². The zero-order valence-electron chi connectivity index (χ0n) is 9.36. The van der Waals surface area contributed by atoms with E-state index in [4.69, 9.17) is 5.73 Å². The lowest BCUT2D eigenvalue weighted by molar-refractivity contribution is 0.100. The van der Waals surface area contributed by atoms with Crippen molar-refractivity contribution < 1.29 is 4.79 Å². The van der Waals surface area contributed by atoms with Crippen molar-refractivity contribution in [3.63, 3.8) is 0 Å². The molecule has 0 aliphatic carbocycles. The molecule has 3 heteroatoms. The van der Waals surface area contributed by atoms with Crippen molar-refractivity contribution in [2.24, 2.45) is 5.73 Å². The molecule has 1 rings (SSSR count). The first-order chi connectivity index (χ1) is 7.15. The summed E-state index contributed by atoms with van der Waals surface area (Å²) in [5, 5.41) is 0. The minimum absolute atomic E-state index is 0.377. The molecule has 1 aromatic rings. The fraction of sp³-hybridized carbons (Fsp3) is 0.417. The second-order valence-electron chi connectivity index (χ2n) is 3.69. The Kier molecular flexibility index (Phi) is 4.16. The molecule has 0 saturated carbocycles. The standard InChI is InChI=1S/C12H18N2O/c1-3-4-9-14(2)11-7-5-10(6-8-11)12(13)15/h5-8H,3-4,9H2,1-2H3,(H2,13,15). The van der Waals surface area contributed by atoms with E-state index in [2.05, 4.69) is 18.9 Å². The van der Waals surface area contributed by atoms with Crippen molar-refractivity contribution in [3.8, 4) is 0 Å². The van der Waals surface area contributed by atoms with Gasteiger partial charge in [0.2, 0.25) is 5.91 Å². The number of nitrogens with zero attached hydrogens (tertiary/aromatic N) is 1. The molecule has 0 aliphatic heterocycles. The van der Waals surface area contributed by atoms with Gasteiger partial charge in [-0.3, -0.25) is 4.79 Å². The lowest BCUT2D eigenvalue weighted by Crippen LogP contribution is -2.18. The Hall–Kier alpha value is -1.51. The van der Waals surface area contributed by atoms with Crippen LogP contribution in [0, 0.1) is 0 Å². The largest absolute Gasteiger partial charge is 0.375 e. The van der Waals surface area contributed by atoms with Crippen molar-refractivity contribution in [2.75, 3.05) is 18.5 Å². The zero-order chi connectivity index (χ0) is 11.3. The number of carbonyl (C=O) groups excluding carboxylic acids is 1. The molecule has 3 nitrogen and oxygen atoms in total. The summed E-state index contributed by atoms with van der Waals surface area (Å²) in [5.41, 5.74) is 6.84. The predicted octanol–water partition coefficient (Wildman–Crippen LogP) is 2.02. The van der Waals surface area contributed by atoms with E-state index in [0.717, 1.165) is 12.2 Å². The molecule has 2 N–H and O–H groups in total. The second-order valence-corrected chi connectivity index (χ2v) is 3.69. The number of benzene rings is 1. The molecule has 0 radical (unpaired) electrons. The van der Waals surface area contributed by atoms with E-state index in [1.807, 2.05) is 12.1 Å². The molecule has 15 heavy (non-hydrogen) atoms. The van der Waals surface area contributed by atoms with Crippen LogP contribution in [0.25, 0.3) is 0 Å². The van der Waals surface area contributed by atoms with Gasteiger partial charge in [-0.25, -0.2) is 0 Å². The van der Waals surface area contributed by atoms with Crippen molar-refractivity contribution in [1.29, 1.82) is 0 Å². The Morgan fingerprint density at radius 3 is 2.40 bits per heavy atom. The van der Waals surface area contributed by atoms with Crippen LogP contribution in [0.4, 0.5) is 5.69 Å². The number of hydrogen-bond donors (Lipinski definition) is 1. The minimum Gasteiger partial charge on any atom is -0.375 e. The second kappa shape index (κ2) is 5.39. The molecule has 1 aromatic carbocycles. The lowest BCUT2D eigenvalue weighted by Gasteiger charge is -2.18. The summed E-state index contributed by atoms with van der Waals surface area (Å²) in [6, 6.07) is 7.38. The highest BCUT2D eigenvalue weighted by Crippen LogP contribution is 2.14. The topological polar surface area (TPSA) is 46.3 Å². The van der Waals surface area contributed by atoms with Gasteiger partial charge in [0.05, 0.1) is 0 Å². The number of unbranched alkanes of at least 4 members (excludes halogenated alkanes) is 1. The van der Waals surface area contributed by atoms with Crippen LogP contribution in [0.5, 0.6) is 0 Å². The van der Waals surface area contributed by atoms with Crippen LogP contribution >= 0.6 is 0 Å². The molecular formula is C12H18N2O. The third-order valence-electron chi connectivity index (χ3n) is 2.44. The summed E-state index contributed by atoms with van der Waals surface area (Å²) < 4.78 is 0. The van der Waals surface area contributed by atoms with E-state index < -0.39 is 0 Å². The summed E-state index contributed by atoms with van der Waals surface area (Å²) in [7, 11) is 2.05. The average molecular weight is 206 g/mol. The van der Waals surface area contributed by atoms with Crippen LogP contribution in [-0.4, -0.2) is 19.5 Å². The summed E-state index contributed by atoms with van der Waals surface area (Å²) >= 11 is 0. The normalized spacial score (nSPS) is 10.0. The highest BCUT2D eigenvalue weighted by atomic mass is 16.1. The van der Waals surface area contributed by atoms with Gasteiger partial charge in [0.1, 0.15) is 0 Å². The van der Waals surface area contributed by atoms with Gasteiger partial charge in [-0.1, -0.05) is 13.3 Å².